The lowest BCUT2D eigenvalue weighted by Gasteiger charge is -2.27. The summed E-state index contributed by atoms with van der Waals surface area (Å²) in [5.74, 6) is 0. The Bertz CT molecular complexity index is 358. The molecule has 0 aliphatic rings. The van der Waals surface area contributed by atoms with Crippen molar-refractivity contribution >= 4 is 0 Å². The fourth-order valence-corrected chi connectivity index (χ4v) is 1.91. The van der Waals surface area contributed by atoms with Crippen LogP contribution in [0.3, 0.4) is 0 Å². The first-order valence-electron chi connectivity index (χ1n) is 5.98. The van der Waals surface area contributed by atoms with Crippen LogP contribution in [-0.2, 0) is 13.5 Å². The van der Waals surface area contributed by atoms with Gasteiger partial charge in [0.25, 0.3) is 0 Å². The van der Waals surface area contributed by atoms with Crippen molar-refractivity contribution in [3.8, 4) is 0 Å². The molecule has 0 fully saturated rings. The lowest BCUT2D eigenvalue weighted by Crippen LogP contribution is -2.35. The quantitative estimate of drug-likeness (QED) is 0.854. The third-order valence-corrected chi connectivity index (χ3v) is 3.48. The minimum absolute atomic E-state index is 0.185. The Morgan fingerprint density at radius 1 is 1.31 bits per heavy atom. The first kappa shape index (κ1) is 13.2. The molecule has 0 radical (unpaired) electrons. The smallest absolute Gasteiger partial charge is 0.0628 e. The van der Waals surface area contributed by atoms with Gasteiger partial charge in [-0.1, -0.05) is 20.8 Å². The van der Waals surface area contributed by atoms with Crippen LogP contribution in [0.5, 0.6) is 0 Å². The minimum atomic E-state index is 0.185. The summed E-state index contributed by atoms with van der Waals surface area (Å²) in [6.07, 6.45) is 2.06. The molecule has 1 aromatic rings. The van der Waals surface area contributed by atoms with Crippen LogP contribution in [0.15, 0.2) is 0 Å². The van der Waals surface area contributed by atoms with Crippen LogP contribution in [-0.4, -0.2) is 15.8 Å². The van der Waals surface area contributed by atoms with Gasteiger partial charge in [-0.05, 0) is 37.7 Å². The van der Waals surface area contributed by atoms with E-state index >= 15 is 0 Å². The Morgan fingerprint density at radius 2 is 1.88 bits per heavy atom. The van der Waals surface area contributed by atoms with Gasteiger partial charge in [0, 0.05) is 18.8 Å². The predicted molar refractivity (Wildman–Crippen MR) is 68.4 cm³/mol. The van der Waals surface area contributed by atoms with Crippen molar-refractivity contribution in [2.45, 2.75) is 53.5 Å². The van der Waals surface area contributed by atoms with Gasteiger partial charge >= 0.3 is 0 Å². The summed E-state index contributed by atoms with van der Waals surface area (Å²) >= 11 is 0. The first-order valence-corrected chi connectivity index (χ1v) is 5.98. The van der Waals surface area contributed by atoms with Gasteiger partial charge in [-0.2, -0.15) is 5.10 Å². The summed E-state index contributed by atoms with van der Waals surface area (Å²) in [5, 5.41) is 4.43. The third-order valence-electron chi connectivity index (χ3n) is 3.48. The van der Waals surface area contributed by atoms with Crippen LogP contribution in [0, 0.1) is 19.3 Å². The van der Waals surface area contributed by atoms with Gasteiger partial charge < -0.3 is 5.73 Å². The number of nitrogens with zero attached hydrogens (tertiary/aromatic N) is 2. The molecule has 1 heterocycles. The van der Waals surface area contributed by atoms with E-state index in [2.05, 4.69) is 39.7 Å². The van der Waals surface area contributed by atoms with Crippen LogP contribution in [0.4, 0.5) is 0 Å². The number of nitrogens with two attached hydrogens (primary N) is 1. The van der Waals surface area contributed by atoms with Crippen LogP contribution < -0.4 is 5.73 Å². The predicted octanol–water partition coefficient (Wildman–Crippen LogP) is 2.34. The van der Waals surface area contributed by atoms with E-state index in [0.29, 0.717) is 0 Å². The van der Waals surface area contributed by atoms with Crippen molar-refractivity contribution in [3.05, 3.63) is 17.0 Å². The monoisotopic (exact) mass is 223 g/mol. The van der Waals surface area contributed by atoms with Crippen LogP contribution in [0.1, 0.15) is 44.1 Å². The van der Waals surface area contributed by atoms with Gasteiger partial charge in [-0.3, -0.25) is 4.68 Å². The highest BCUT2D eigenvalue weighted by Gasteiger charge is 2.21. The molecule has 2 N–H and O–H groups in total. The molecule has 1 unspecified atom stereocenters. The average Bonchev–Trinajstić information content (AvgIpc) is 2.37. The highest BCUT2D eigenvalue weighted by Crippen LogP contribution is 2.22. The summed E-state index contributed by atoms with van der Waals surface area (Å²) in [4.78, 5) is 0. The van der Waals surface area contributed by atoms with E-state index < -0.39 is 0 Å². The largest absolute Gasteiger partial charge is 0.327 e. The second kappa shape index (κ2) is 4.58. The SMILES string of the molecule is Cc1nn(C)c(C)c1CCC(N)C(C)(C)C. The summed E-state index contributed by atoms with van der Waals surface area (Å²) in [6, 6.07) is 0.242. The van der Waals surface area contributed by atoms with E-state index in [4.69, 9.17) is 5.73 Å². The molecule has 0 aromatic carbocycles. The van der Waals surface area contributed by atoms with Gasteiger partial charge in [0.2, 0.25) is 0 Å². The van der Waals surface area contributed by atoms with E-state index in [1.54, 1.807) is 0 Å². The molecule has 0 saturated heterocycles. The Kier molecular flexibility index (Phi) is 3.79. The fraction of sp³-hybridized carbons (Fsp3) is 0.769. The molecule has 16 heavy (non-hydrogen) atoms. The second-order valence-electron chi connectivity index (χ2n) is 5.78. The van der Waals surface area contributed by atoms with Crippen molar-refractivity contribution in [1.82, 2.24) is 9.78 Å². The molecular formula is C13H25N3. The summed E-state index contributed by atoms with van der Waals surface area (Å²) in [5.41, 5.74) is 10.1. The maximum Gasteiger partial charge on any atom is 0.0628 e. The molecule has 3 nitrogen and oxygen atoms in total. The molecule has 0 bridgehead atoms. The molecule has 0 spiro atoms. The minimum Gasteiger partial charge on any atom is -0.327 e. The zero-order chi connectivity index (χ0) is 12.5. The number of rotatable bonds is 3. The van der Waals surface area contributed by atoms with E-state index in [0.717, 1.165) is 18.5 Å². The van der Waals surface area contributed by atoms with Gasteiger partial charge in [-0.15, -0.1) is 0 Å². The molecular weight excluding hydrogens is 198 g/mol. The summed E-state index contributed by atoms with van der Waals surface area (Å²) < 4.78 is 1.95. The molecule has 1 rings (SSSR count). The molecule has 92 valence electrons. The number of aromatic nitrogens is 2. The van der Waals surface area contributed by atoms with E-state index in [1.165, 1.54) is 11.3 Å². The molecule has 0 saturated carbocycles. The van der Waals surface area contributed by atoms with Crippen molar-refractivity contribution in [3.63, 3.8) is 0 Å². The molecule has 1 aromatic heterocycles. The van der Waals surface area contributed by atoms with Crippen molar-refractivity contribution < 1.29 is 0 Å². The molecule has 1 atom stereocenters. The summed E-state index contributed by atoms with van der Waals surface area (Å²) in [6.45, 7) is 10.8. The van der Waals surface area contributed by atoms with E-state index in [9.17, 15) is 0 Å². The highest BCUT2D eigenvalue weighted by atomic mass is 15.3. The second-order valence-corrected chi connectivity index (χ2v) is 5.78. The third kappa shape index (κ3) is 2.85. The molecule has 3 heteroatoms. The molecule has 0 aliphatic carbocycles. The molecule has 0 amide bonds. The highest BCUT2D eigenvalue weighted by molar-refractivity contribution is 5.24. The Labute approximate surface area is 99.0 Å². The lowest BCUT2D eigenvalue weighted by molar-refractivity contribution is 0.306. The number of aryl methyl sites for hydroxylation is 2. The number of hydrogen-bond donors (Lipinski definition) is 1. The zero-order valence-electron chi connectivity index (χ0n) is 11.5. The van der Waals surface area contributed by atoms with Gasteiger partial charge in [-0.25, -0.2) is 0 Å². The molecule has 0 aliphatic heterocycles. The van der Waals surface area contributed by atoms with Crippen molar-refractivity contribution in [2.24, 2.45) is 18.2 Å². The standard InChI is InChI=1S/C13H25N3/c1-9-11(10(2)16(6)15-9)7-8-12(14)13(3,4)5/h12H,7-8,14H2,1-6H3. The number of hydrogen-bond acceptors (Lipinski definition) is 2. The Morgan fingerprint density at radius 3 is 2.25 bits per heavy atom. The topological polar surface area (TPSA) is 43.8 Å². The maximum absolute atomic E-state index is 6.18. The van der Waals surface area contributed by atoms with Crippen molar-refractivity contribution in [1.29, 1.82) is 0 Å². The van der Waals surface area contributed by atoms with Crippen LogP contribution >= 0.6 is 0 Å². The van der Waals surface area contributed by atoms with Gasteiger partial charge in [0.15, 0.2) is 0 Å². The van der Waals surface area contributed by atoms with Gasteiger partial charge in [0.05, 0.1) is 5.69 Å². The van der Waals surface area contributed by atoms with Crippen LogP contribution in [0.25, 0.3) is 0 Å². The van der Waals surface area contributed by atoms with Crippen LogP contribution in [0.2, 0.25) is 0 Å². The summed E-state index contributed by atoms with van der Waals surface area (Å²) in [7, 11) is 2.00. The first-order chi connectivity index (χ1) is 7.23. The zero-order valence-corrected chi connectivity index (χ0v) is 11.5. The average molecular weight is 223 g/mol. The van der Waals surface area contributed by atoms with Crippen molar-refractivity contribution in [2.75, 3.05) is 0 Å². The van der Waals surface area contributed by atoms with E-state index in [1.807, 2.05) is 11.7 Å². The fourth-order valence-electron chi connectivity index (χ4n) is 1.91. The maximum atomic E-state index is 6.18. The van der Waals surface area contributed by atoms with E-state index in [-0.39, 0.29) is 11.5 Å². The van der Waals surface area contributed by atoms with Gasteiger partial charge in [0.1, 0.15) is 0 Å². The normalized spacial score (nSPS) is 14.2. The lowest BCUT2D eigenvalue weighted by atomic mass is 9.84. The Balaban J connectivity index is 2.68. The Hall–Kier alpha value is -0.830.